The molecular formula is C43H57ClN8O5. The van der Waals surface area contributed by atoms with Crippen molar-refractivity contribution in [3.05, 3.63) is 105 Å². The molecule has 1 fully saturated rings. The van der Waals surface area contributed by atoms with Crippen molar-refractivity contribution in [2.75, 3.05) is 19.6 Å². The number of amides is 4. The largest absolute Gasteiger partial charge is 0.343 e. The smallest absolute Gasteiger partial charge is 0.326 e. The number of unbranched alkanes of at least 4 members (excludes halogenated alkanes) is 1. The molecule has 1 saturated heterocycles. The van der Waals surface area contributed by atoms with Crippen LogP contribution in [0.25, 0.3) is 11.0 Å². The number of piperidine rings is 1. The summed E-state index contributed by atoms with van der Waals surface area (Å²) in [6, 6.07) is 20.6. The minimum atomic E-state index is -0.968. The van der Waals surface area contributed by atoms with Crippen LogP contribution in [0.4, 0.5) is 0 Å². The van der Waals surface area contributed by atoms with Gasteiger partial charge in [0, 0.05) is 24.2 Å². The van der Waals surface area contributed by atoms with Gasteiger partial charge >= 0.3 is 5.69 Å². The number of carbonyl (C=O) groups is 4. The zero-order chi connectivity index (χ0) is 40.9. The maximum atomic E-state index is 14.1. The highest BCUT2D eigenvalue weighted by Crippen LogP contribution is 2.27. The van der Waals surface area contributed by atoms with Crippen molar-refractivity contribution in [2.45, 2.75) is 102 Å². The predicted octanol–water partition coefficient (Wildman–Crippen LogP) is 3.98. The Labute approximate surface area is 339 Å². The monoisotopic (exact) mass is 800 g/mol. The highest BCUT2D eigenvalue weighted by Gasteiger charge is 2.34. The van der Waals surface area contributed by atoms with Crippen LogP contribution in [0.2, 0.25) is 5.02 Å². The fourth-order valence-electron chi connectivity index (χ4n) is 7.49. The molecule has 4 atom stereocenters. The molecule has 1 aliphatic rings. The van der Waals surface area contributed by atoms with E-state index in [0.717, 1.165) is 16.6 Å². The number of aromatic amines is 1. The minimum Gasteiger partial charge on any atom is -0.343 e. The molecule has 57 heavy (non-hydrogen) atoms. The SMILES string of the molecule is CC(C)C[C@@H](NC(=O)[C@@H](CCc1ccccc1)NC(=O)[C@H](N)Cc1ccccc1)C(=O)N[C@H](CCCCN)C(=O)N1CCC(n2c(=O)[nH]c3cc(Cl)ccc32)CC1. The van der Waals surface area contributed by atoms with Crippen molar-refractivity contribution >= 4 is 46.3 Å². The third kappa shape index (κ3) is 12.3. The summed E-state index contributed by atoms with van der Waals surface area (Å²) in [5.41, 5.74) is 15.2. The van der Waals surface area contributed by atoms with Crippen LogP contribution in [-0.2, 0) is 32.0 Å². The number of hydrogen-bond donors (Lipinski definition) is 6. The second-order valence-electron chi connectivity index (χ2n) is 15.4. The van der Waals surface area contributed by atoms with Crippen LogP contribution < -0.4 is 33.1 Å². The van der Waals surface area contributed by atoms with Gasteiger partial charge in [-0.2, -0.15) is 0 Å². The number of nitrogens with one attached hydrogen (secondary N) is 4. The zero-order valence-electron chi connectivity index (χ0n) is 32.9. The first kappa shape index (κ1) is 43.1. The summed E-state index contributed by atoms with van der Waals surface area (Å²) in [5.74, 6) is -1.64. The van der Waals surface area contributed by atoms with E-state index in [1.807, 2.05) is 80.6 Å². The van der Waals surface area contributed by atoms with Crippen molar-refractivity contribution in [1.29, 1.82) is 0 Å². The van der Waals surface area contributed by atoms with E-state index < -0.39 is 41.9 Å². The van der Waals surface area contributed by atoms with E-state index in [-0.39, 0.29) is 30.0 Å². The normalized spacial score (nSPS) is 15.5. The van der Waals surface area contributed by atoms with E-state index in [1.165, 1.54) is 0 Å². The number of carbonyl (C=O) groups excluding carboxylic acids is 4. The van der Waals surface area contributed by atoms with Crippen molar-refractivity contribution in [3.8, 4) is 0 Å². The van der Waals surface area contributed by atoms with Crippen molar-refractivity contribution in [3.63, 3.8) is 0 Å². The highest BCUT2D eigenvalue weighted by atomic mass is 35.5. The second kappa shape index (κ2) is 21.0. The number of aromatic nitrogens is 2. The molecule has 306 valence electrons. The first-order valence-electron chi connectivity index (χ1n) is 20.1. The Morgan fingerprint density at radius 1 is 0.807 bits per heavy atom. The number of benzene rings is 3. The van der Waals surface area contributed by atoms with E-state index in [1.54, 1.807) is 21.6 Å². The lowest BCUT2D eigenvalue weighted by atomic mass is 9.99. The maximum absolute atomic E-state index is 14.1. The van der Waals surface area contributed by atoms with Crippen LogP contribution in [0, 0.1) is 5.92 Å². The highest BCUT2D eigenvalue weighted by molar-refractivity contribution is 6.31. The molecule has 2 heterocycles. The van der Waals surface area contributed by atoms with Gasteiger partial charge in [-0.3, -0.25) is 23.7 Å². The number of likely N-dealkylation sites (tertiary alicyclic amines) is 1. The average Bonchev–Trinajstić information content (AvgIpc) is 3.53. The van der Waals surface area contributed by atoms with Gasteiger partial charge in [-0.15, -0.1) is 0 Å². The van der Waals surface area contributed by atoms with Crippen LogP contribution in [0.5, 0.6) is 0 Å². The molecule has 0 aliphatic carbocycles. The topological polar surface area (TPSA) is 197 Å². The number of halogens is 1. The molecule has 14 heteroatoms. The Morgan fingerprint density at radius 2 is 1.42 bits per heavy atom. The minimum absolute atomic E-state index is 0.0204. The van der Waals surface area contributed by atoms with Gasteiger partial charge in [0.1, 0.15) is 18.1 Å². The molecule has 4 amide bonds. The molecule has 0 unspecified atom stereocenters. The Kier molecular flexibility index (Phi) is 15.9. The molecule has 8 N–H and O–H groups in total. The molecule has 5 rings (SSSR count). The van der Waals surface area contributed by atoms with E-state index in [9.17, 15) is 24.0 Å². The summed E-state index contributed by atoms with van der Waals surface area (Å²) in [7, 11) is 0. The quantitative estimate of drug-likeness (QED) is 0.0772. The molecule has 0 radical (unpaired) electrons. The van der Waals surface area contributed by atoms with Crippen molar-refractivity contribution in [1.82, 2.24) is 30.4 Å². The molecule has 3 aromatic carbocycles. The van der Waals surface area contributed by atoms with E-state index in [2.05, 4.69) is 20.9 Å². The summed E-state index contributed by atoms with van der Waals surface area (Å²) >= 11 is 6.15. The van der Waals surface area contributed by atoms with Gasteiger partial charge in [-0.05, 0) is 99.6 Å². The Balaban J connectivity index is 1.27. The number of imidazole rings is 1. The predicted molar refractivity (Wildman–Crippen MR) is 223 cm³/mol. The number of nitrogens with zero attached hydrogens (tertiary/aromatic N) is 2. The van der Waals surface area contributed by atoms with Crippen LogP contribution in [0.3, 0.4) is 0 Å². The van der Waals surface area contributed by atoms with Gasteiger partial charge in [0.15, 0.2) is 0 Å². The average molecular weight is 801 g/mol. The van der Waals surface area contributed by atoms with E-state index in [0.29, 0.717) is 81.5 Å². The lowest BCUT2D eigenvalue weighted by Gasteiger charge is -2.35. The van der Waals surface area contributed by atoms with Gasteiger partial charge < -0.3 is 37.3 Å². The van der Waals surface area contributed by atoms with Crippen molar-refractivity contribution < 1.29 is 19.2 Å². The van der Waals surface area contributed by atoms with Gasteiger partial charge in [-0.1, -0.05) is 86.1 Å². The fourth-order valence-corrected chi connectivity index (χ4v) is 7.66. The molecule has 1 aliphatic heterocycles. The number of hydrogen-bond acceptors (Lipinski definition) is 7. The van der Waals surface area contributed by atoms with Gasteiger partial charge in [-0.25, -0.2) is 4.79 Å². The third-order valence-electron chi connectivity index (χ3n) is 10.6. The molecular weight excluding hydrogens is 744 g/mol. The number of aryl methyl sites for hydroxylation is 1. The lowest BCUT2D eigenvalue weighted by molar-refractivity contribution is -0.139. The fraction of sp³-hybridized carbons (Fsp3) is 0.465. The van der Waals surface area contributed by atoms with Gasteiger partial charge in [0.25, 0.3) is 0 Å². The molecule has 13 nitrogen and oxygen atoms in total. The number of fused-ring (bicyclic) bond motifs is 1. The van der Waals surface area contributed by atoms with E-state index >= 15 is 0 Å². The van der Waals surface area contributed by atoms with Gasteiger partial charge in [0.05, 0.1) is 17.1 Å². The first-order chi connectivity index (χ1) is 27.4. The van der Waals surface area contributed by atoms with Crippen LogP contribution >= 0.6 is 11.6 Å². The summed E-state index contributed by atoms with van der Waals surface area (Å²) in [6.45, 7) is 5.15. The first-order valence-corrected chi connectivity index (χ1v) is 20.4. The molecule has 0 bridgehead atoms. The van der Waals surface area contributed by atoms with E-state index in [4.69, 9.17) is 23.1 Å². The molecule has 0 spiro atoms. The molecule has 4 aromatic rings. The third-order valence-corrected chi connectivity index (χ3v) is 10.8. The van der Waals surface area contributed by atoms with Crippen molar-refractivity contribution in [2.24, 2.45) is 17.4 Å². The maximum Gasteiger partial charge on any atom is 0.326 e. The number of H-pyrrole nitrogens is 1. The zero-order valence-corrected chi connectivity index (χ0v) is 33.7. The van der Waals surface area contributed by atoms with Crippen LogP contribution in [0.1, 0.15) is 76.0 Å². The summed E-state index contributed by atoms with van der Waals surface area (Å²) in [4.78, 5) is 73.1. The lowest BCUT2D eigenvalue weighted by Crippen LogP contribution is -2.58. The Hall–Kier alpha value is -4.98. The summed E-state index contributed by atoms with van der Waals surface area (Å²) in [5, 5.41) is 9.29. The van der Waals surface area contributed by atoms with Crippen LogP contribution in [-0.4, -0.2) is 81.9 Å². The molecule has 1 aromatic heterocycles. The van der Waals surface area contributed by atoms with Gasteiger partial charge in [0.2, 0.25) is 23.6 Å². The number of rotatable bonds is 19. The summed E-state index contributed by atoms with van der Waals surface area (Å²) < 4.78 is 1.74. The number of nitrogens with two attached hydrogens (primary N) is 2. The Bertz CT molecular complexity index is 1990. The molecule has 0 saturated carbocycles. The summed E-state index contributed by atoms with van der Waals surface area (Å²) in [6.07, 6.45) is 4.18. The Morgan fingerprint density at radius 3 is 2.07 bits per heavy atom. The van der Waals surface area contributed by atoms with Crippen LogP contribution in [0.15, 0.2) is 83.7 Å². The second-order valence-corrected chi connectivity index (χ2v) is 15.9. The standard InChI is InChI=1S/C43H57ClN8O5/c1-28(2)25-37(49-40(54)34(18-16-29-11-5-3-6-12-29)47-39(53)33(46)26-30-13-7-4-8-14-30)41(55)48-35(15-9-10-22-45)42(56)51-23-20-32(21-24-51)52-38-19-17-31(44)27-36(38)50-43(52)57/h3-8,11-14,17,19,27-28,32-35,37H,9-10,15-16,18,20-26,45-46H2,1-2H3,(H,47,53)(H,48,55)(H,49,54)(H,50,57)/t33-,34-,35-,37-/m1/s1.